The van der Waals surface area contributed by atoms with Gasteiger partial charge >= 0.3 is 0 Å². The summed E-state index contributed by atoms with van der Waals surface area (Å²) in [5, 5.41) is 10.1. The van der Waals surface area contributed by atoms with Crippen molar-refractivity contribution in [2.75, 3.05) is 0 Å². The smallest absolute Gasteiger partial charge is 0.113 e. The van der Waals surface area contributed by atoms with E-state index >= 15 is 0 Å². The van der Waals surface area contributed by atoms with Crippen molar-refractivity contribution in [3.05, 3.63) is 47.0 Å². The number of aryl methyl sites for hydroxylation is 1. The van der Waals surface area contributed by atoms with Gasteiger partial charge in [-0.15, -0.1) is 0 Å². The Hall–Kier alpha value is -1.32. The number of aliphatic hydroxyl groups is 1. The van der Waals surface area contributed by atoms with Gasteiger partial charge in [-0.1, -0.05) is 24.6 Å². The number of benzene rings is 1. The third kappa shape index (κ3) is 2.57. The Balaban J connectivity index is 2.39. The van der Waals surface area contributed by atoms with Crippen LogP contribution in [0, 0.1) is 0 Å². The molecule has 4 heteroatoms. The summed E-state index contributed by atoms with van der Waals surface area (Å²) in [4.78, 5) is 4.34. The Morgan fingerprint density at radius 3 is 2.83 bits per heavy atom. The highest BCUT2D eigenvalue weighted by Crippen LogP contribution is 2.26. The molecule has 18 heavy (non-hydrogen) atoms. The first-order valence-corrected chi connectivity index (χ1v) is 6.51. The maximum atomic E-state index is 9.56. The van der Waals surface area contributed by atoms with E-state index in [9.17, 15) is 5.11 Å². The largest absolute Gasteiger partial charge is 0.389 e. The zero-order valence-electron chi connectivity index (χ0n) is 10.6. The molecule has 0 fully saturated rings. The zero-order chi connectivity index (χ0) is 13.1. The van der Waals surface area contributed by atoms with Gasteiger partial charge in [0.05, 0.1) is 6.10 Å². The van der Waals surface area contributed by atoms with Crippen LogP contribution in [0.4, 0.5) is 0 Å². The molecule has 0 radical (unpaired) electrons. The van der Waals surface area contributed by atoms with E-state index in [1.165, 1.54) is 0 Å². The van der Waals surface area contributed by atoms with Crippen LogP contribution in [0.5, 0.6) is 0 Å². The first-order chi connectivity index (χ1) is 8.63. The van der Waals surface area contributed by atoms with Crippen LogP contribution in [0.3, 0.4) is 0 Å². The zero-order valence-corrected chi connectivity index (χ0v) is 11.4. The lowest BCUT2D eigenvalue weighted by Crippen LogP contribution is -2.01. The summed E-state index contributed by atoms with van der Waals surface area (Å²) in [6.45, 7) is 3.84. The second-order valence-electron chi connectivity index (χ2n) is 4.35. The van der Waals surface area contributed by atoms with Gasteiger partial charge in [-0.2, -0.15) is 0 Å². The van der Waals surface area contributed by atoms with Crippen LogP contribution in [0.2, 0.25) is 5.02 Å². The van der Waals surface area contributed by atoms with Gasteiger partial charge < -0.3 is 9.67 Å². The molecule has 3 nitrogen and oxygen atoms in total. The van der Waals surface area contributed by atoms with Crippen molar-refractivity contribution in [1.82, 2.24) is 9.55 Å². The Kier molecular flexibility index (Phi) is 4.04. The van der Waals surface area contributed by atoms with Crippen LogP contribution in [0.15, 0.2) is 30.6 Å². The predicted molar refractivity (Wildman–Crippen MR) is 73.2 cm³/mol. The van der Waals surface area contributed by atoms with E-state index in [0.29, 0.717) is 5.02 Å². The standard InChI is InChI=1S/C14H17ClN2O/c1-3-4-14-16-7-8-17(14)11-5-6-12(10(2)18)13(15)9-11/h5-10,18H,3-4H2,1-2H3. The molecule has 2 rings (SSSR count). The molecule has 2 aromatic rings. The fourth-order valence-electron chi connectivity index (χ4n) is 1.98. The van der Waals surface area contributed by atoms with E-state index in [1.54, 1.807) is 13.1 Å². The average molecular weight is 265 g/mol. The van der Waals surface area contributed by atoms with Gasteiger partial charge in [-0.3, -0.25) is 0 Å². The summed E-state index contributed by atoms with van der Waals surface area (Å²) in [6.07, 6.45) is 5.16. The van der Waals surface area contributed by atoms with E-state index in [4.69, 9.17) is 11.6 Å². The number of halogens is 1. The molecule has 1 aromatic carbocycles. The van der Waals surface area contributed by atoms with Crippen molar-refractivity contribution < 1.29 is 5.11 Å². The van der Waals surface area contributed by atoms with Crippen molar-refractivity contribution in [3.63, 3.8) is 0 Å². The molecule has 1 unspecified atom stereocenters. The molecule has 0 spiro atoms. The van der Waals surface area contributed by atoms with Crippen LogP contribution in [-0.4, -0.2) is 14.7 Å². The minimum atomic E-state index is -0.551. The molecule has 0 saturated carbocycles. The molecular formula is C14H17ClN2O. The number of aliphatic hydroxyl groups excluding tert-OH is 1. The third-order valence-electron chi connectivity index (χ3n) is 2.90. The molecule has 0 bridgehead atoms. The molecule has 1 atom stereocenters. The van der Waals surface area contributed by atoms with Gasteiger partial charge in [0.1, 0.15) is 5.82 Å². The van der Waals surface area contributed by atoms with Crippen molar-refractivity contribution in [2.24, 2.45) is 0 Å². The Bertz CT molecular complexity index is 534. The monoisotopic (exact) mass is 264 g/mol. The summed E-state index contributed by atoms with van der Waals surface area (Å²) in [6, 6.07) is 5.68. The summed E-state index contributed by atoms with van der Waals surface area (Å²) in [5.74, 6) is 1.03. The molecule has 1 aromatic heterocycles. The maximum absolute atomic E-state index is 9.56. The van der Waals surface area contributed by atoms with Crippen molar-refractivity contribution in [2.45, 2.75) is 32.8 Å². The summed E-state index contributed by atoms with van der Waals surface area (Å²) >= 11 is 6.18. The SMILES string of the molecule is CCCc1nccn1-c1ccc(C(C)O)c(Cl)c1. The highest BCUT2D eigenvalue weighted by molar-refractivity contribution is 6.31. The van der Waals surface area contributed by atoms with E-state index in [-0.39, 0.29) is 0 Å². The normalized spacial score (nSPS) is 12.7. The van der Waals surface area contributed by atoms with Crippen LogP contribution >= 0.6 is 11.6 Å². The van der Waals surface area contributed by atoms with E-state index in [0.717, 1.165) is 29.9 Å². The van der Waals surface area contributed by atoms with Crippen LogP contribution in [0.1, 0.15) is 37.8 Å². The van der Waals surface area contributed by atoms with Crippen molar-refractivity contribution in [3.8, 4) is 5.69 Å². The Morgan fingerprint density at radius 1 is 1.44 bits per heavy atom. The first-order valence-electron chi connectivity index (χ1n) is 6.13. The second kappa shape index (κ2) is 5.55. The molecule has 0 saturated heterocycles. The number of hydrogen-bond acceptors (Lipinski definition) is 2. The number of nitrogens with zero attached hydrogens (tertiary/aromatic N) is 2. The van der Waals surface area contributed by atoms with Gasteiger partial charge in [0.25, 0.3) is 0 Å². The number of rotatable bonds is 4. The molecule has 0 aliphatic heterocycles. The predicted octanol–water partition coefficient (Wildman–Crippen LogP) is 3.53. The lowest BCUT2D eigenvalue weighted by molar-refractivity contribution is 0.199. The van der Waals surface area contributed by atoms with Gasteiger partial charge in [-0.25, -0.2) is 4.98 Å². The molecule has 96 valence electrons. The minimum Gasteiger partial charge on any atom is -0.389 e. The molecule has 1 heterocycles. The fraction of sp³-hybridized carbons (Fsp3) is 0.357. The van der Waals surface area contributed by atoms with Crippen LogP contribution in [-0.2, 0) is 6.42 Å². The lowest BCUT2D eigenvalue weighted by Gasteiger charge is -2.11. The van der Waals surface area contributed by atoms with E-state index in [1.807, 2.05) is 29.0 Å². The molecule has 0 amide bonds. The summed E-state index contributed by atoms with van der Waals surface area (Å²) < 4.78 is 2.03. The summed E-state index contributed by atoms with van der Waals surface area (Å²) in [5.41, 5.74) is 1.72. The van der Waals surface area contributed by atoms with Crippen LogP contribution < -0.4 is 0 Å². The average Bonchev–Trinajstić information content (AvgIpc) is 2.77. The number of imidazole rings is 1. The maximum Gasteiger partial charge on any atom is 0.113 e. The van der Waals surface area contributed by atoms with Gasteiger partial charge in [-0.05, 0) is 31.0 Å². The molecule has 1 N–H and O–H groups in total. The van der Waals surface area contributed by atoms with Gasteiger partial charge in [0.15, 0.2) is 0 Å². The lowest BCUT2D eigenvalue weighted by atomic mass is 10.1. The van der Waals surface area contributed by atoms with Gasteiger partial charge in [0.2, 0.25) is 0 Å². The third-order valence-corrected chi connectivity index (χ3v) is 3.23. The fourth-order valence-corrected chi connectivity index (χ4v) is 2.32. The number of hydrogen-bond donors (Lipinski definition) is 1. The summed E-state index contributed by atoms with van der Waals surface area (Å²) in [7, 11) is 0. The van der Waals surface area contributed by atoms with Crippen molar-refractivity contribution >= 4 is 11.6 Å². The first kappa shape index (κ1) is 13.1. The Labute approximate surface area is 112 Å². The highest BCUT2D eigenvalue weighted by Gasteiger charge is 2.09. The highest BCUT2D eigenvalue weighted by atomic mass is 35.5. The molecular weight excluding hydrogens is 248 g/mol. The van der Waals surface area contributed by atoms with Gasteiger partial charge in [0, 0.05) is 29.5 Å². The second-order valence-corrected chi connectivity index (χ2v) is 4.75. The topological polar surface area (TPSA) is 38.0 Å². The minimum absolute atomic E-state index is 0.551. The van der Waals surface area contributed by atoms with E-state index in [2.05, 4.69) is 11.9 Å². The van der Waals surface area contributed by atoms with Crippen molar-refractivity contribution in [1.29, 1.82) is 0 Å². The molecule has 0 aliphatic rings. The van der Waals surface area contributed by atoms with E-state index < -0.39 is 6.10 Å². The van der Waals surface area contributed by atoms with Crippen LogP contribution in [0.25, 0.3) is 5.69 Å². The Morgan fingerprint density at radius 2 is 2.22 bits per heavy atom. The molecule has 0 aliphatic carbocycles. The number of aromatic nitrogens is 2. The quantitative estimate of drug-likeness (QED) is 0.917.